The van der Waals surface area contributed by atoms with Crippen molar-refractivity contribution in [2.24, 2.45) is 17.3 Å². The van der Waals surface area contributed by atoms with Crippen LogP contribution in [0.2, 0.25) is 0 Å². The van der Waals surface area contributed by atoms with Crippen LogP contribution in [0.4, 0.5) is 5.69 Å². The van der Waals surface area contributed by atoms with Crippen molar-refractivity contribution in [1.29, 1.82) is 0 Å². The Morgan fingerprint density at radius 1 is 1.32 bits per heavy atom. The van der Waals surface area contributed by atoms with E-state index in [1.54, 1.807) is 0 Å². The van der Waals surface area contributed by atoms with Crippen molar-refractivity contribution >= 4 is 15.7 Å². The van der Waals surface area contributed by atoms with Gasteiger partial charge in [0.25, 0.3) is 5.69 Å². The molecular formula is C15H18N2O4S. The van der Waals surface area contributed by atoms with Crippen LogP contribution < -0.4 is 4.72 Å². The molecule has 0 saturated heterocycles. The number of nitro benzene ring substituents is 1. The van der Waals surface area contributed by atoms with Gasteiger partial charge in [-0.1, -0.05) is 19.1 Å². The lowest BCUT2D eigenvalue weighted by molar-refractivity contribution is -0.384. The van der Waals surface area contributed by atoms with Gasteiger partial charge < -0.3 is 0 Å². The van der Waals surface area contributed by atoms with Crippen molar-refractivity contribution in [3.05, 3.63) is 46.5 Å². The third-order valence-corrected chi connectivity index (χ3v) is 6.24. The largest absolute Gasteiger partial charge is 0.269 e. The van der Waals surface area contributed by atoms with Gasteiger partial charge in [0.15, 0.2) is 0 Å². The Hall–Kier alpha value is -1.73. The van der Waals surface area contributed by atoms with E-state index in [0.29, 0.717) is 18.4 Å². The number of hydrogen-bond acceptors (Lipinski definition) is 4. The van der Waals surface area contributed by atoms with Gasteiger partial charge in [-0.05, 0) is 42.2 Å². The molecule has 2 aliphatic rings. The highest BCUT2D eigenvalue weighted by Crippen LogP contribution is 2.51. The van der Waals surface area contributed by atoms with Crippen molar-refractivity contribution in [1.82, 2.24) is 4.72 Å². The normalized spacial score (nSPS) is 29.9. The molecule has 22 heavy (non-hydrogen) atoms. The summed E-state index contributed by atoms with van der Waals surface area (Å²) in [5, 5.41) is 10.6. The average molecular weight is 322 g/mol. The molecule has 0 heterocycles. The van der Waals surface area contributed by atoms with E-state index >= 15 is 0 Å². The number of fused-ring (bicyclic) bond motifs is 2. The molecule has 1 saturated carbocycles. The Labute approximate surface area is 129 Å². The zero-order chi connectivity index (χ0) is 16.0. The van der Waals surface area contributed by atoms with E-state index < -0.39 is 14.9 Å². The number of nitro groups is 1. The third-order valence-electron chi connectivity index (χ3n) is 4.82. The molecule has 1 N–H and O–H groups in total. The highest BCUT2D eigenvalue weighted by Gasteiger charge is 2.45. The van der Waals surface area contributed by atoms with E-state index in [4.69, 9.17) is 0 Å². The van der Waals surface area contributed by atoms with Crippen LogP contribution in [-0.4, -0.2) is 19.9 Å². The first kappa shape index (κ1) is 15.2. The molecule has 0 aromatic heterocycles. The highest BCUT2D eigenvalue weighted by molar-refractivity contribution is 7.89. The SMILES string of the molecule is CC1(CNS(=O)(=O)c2ccc([N+](=O)[O-])cc2)CC2C=CC1C2. The molecule has 0 spiro atoms. The Morgan fingerprint density at radius 2 is 2.00 bits per heavy atom. The van der Waals surface area contributed by atoms with Crippen molar-refractivity contribution in [3.8, 4) is 0 Å². The molecule has 2 aliphatic carbocycles. The summed E-state index contributed by atoms with van der Waals surface area (Å²) in [4.78, 5) is 10.1. The molecule has 0 radical (unpaired) electrons. The summed E-state index contributed by atoms with van der Waals surface area (Å²) in [6, 6.07) is 4.94. The van der Waals surface area contributed by atoms with E-state index in [2.05, 4.69) is 23.8 Å². The maximum Gasteiger partial charge on any atom is 0.269 e. The molecule has 3 rings (SSSR count). The number of allylic oxidation sites excluding steroid dienone is 2. The zero-order valence-corrected chi connectivity index (χ0v) is 13.0. The smallest absolute Gasteiger partial charge is 0.258 e. The van der Waals surface area contributed by atoms with Gasteiger partial charge in [-0.25, -0.2) is 13.1 Å². The zero-order valence-electron chi connectivity index (χ0n) is 12.2. The highest BCUT2D eigenvalue weighted by atomic mass is 32.2. The first-order valence-corrected chi connectivity index (χ1v) is 8.71. The van der Waals surface area contributed by atoms with Gasteiger partial charge in [0.05, 0.1) is 9.82 Å². The molecule has 0 aliphatic heterocycles. The summed E-state index contributed by atoms with van der Waals surface area (Å²) in [6.45, 7) is 2.50. The Balaban J connectivity index is 1.71. The van der Waals surface area contributed by atoms with Gasteiger partial charge in [-0.2, -0.15) is 0 Å². The number of hydrogen-bond donors (Lipinski definition) is 1. The number of sulfonamides is 1. The molecule has 2 bridgehead atoms. The summed E-state index contributed by atoms with van der Waals surface area (Å²) >= 11 is 0. The number of nitrogens with zero attached hydrogens (tertiary/aromatic N) is 1. The van der Waals surface area contributed by atoms with Crippen LogP contribution in [0.5, 0.6) is 0 Å². The predicted octanol–water partition coefficient (Wildman–Crippen LogP) is 2.48. The minimum absolute atomic E-state index is 0.0483. The van der Waals surface area contributed by atoms with E-state index in [1.807, 2.05) is 0 Å². The standard InChI is InChI=1S/C15H18N2O4S/c1-15(9-11-2-3-12(15)8-11)10-16-22(20,21)14-6-4-13(5-7-14)17(18)19/h2-7,11-12,16H,8-10H2,1H3. The molecular weight excluding hydrogens is 304 g/mol. The first-order valence-electron chi connectivity index (χ1n) is 7.23. The molecule has 0 amide bonds. The topological polar surface area (TPSA) is 89.3 Å². The second-order valence-electron chi connectivity index (χ2n) is 6.42. The van der Waals surface area contributed by atoms with E-state index in [9.17, 15) is 18.5 Å². The van der Waals surface area contributed by atoms with Crippen LogP contribution in [0.1, 0.15) is 19.8 Å². The summed E-state index contributed by atoms with van der Waals surface area (Å²) in [7, 11) is -3.64. The van der Waals surface area contributed by atoms with Gasteiger partial charge in [0.2, 0.25) is 10.0 Å². The molecule has 1 fully saturated rings. The second kappa shape index (κ2) is 5.17. The fourth-order valence-corrected chi connectivity index (χ4v) is 4.67. The lowest BCUT2D eigenvalue weighted by Gasteiger charge is -2.31. The van der Waals surface area contributed by atoms with Crippen LogP contribution >= 0.6 is 0 Å². The molecule has 3 atom stereocenters. The molecule has 1 aromatic rings. The van der Waals surface area contributed by atoms with Gasteiger partial charge in [-0.15, -0.1) is 0 Å². The van der Waals surface area contributed by atoms with E-state index in [1.165, 1.54) is 24.3 Å². The monoisotopic (exact) mass is 322 g/mol. The fourth-order valence-electron chi connectivity index (χ4n) is 3.49. The number of nitrogens with one attached hydrogen (secondary N) is 1. The lowest BCUT2D eigenvalue weighted by atomic mass is 9.78. The van der Waals surface area contributed by atoms with Crippen LogP contribution in [0.15, 0.2) is 41.3 Å². The molecule has 118 valence electrons. The van der Waals surface area contributed by atoms with Crippen molar-refractivity contribution in [2.45, 2.75) is 24.7 Å². The number of benzene rings is 1. The Kier molecular flexibility index (Phi) is 3.57. The second-order valence-corrected chi connectivity index (χ2v) is 8.19. The number of rotatable bonds is 5. The van der Waals surface area contributed by atoms with Gasteiger partial charge in [-0.3, -0.25) is 10.1 Å². The van der Waals surface area contributed by atoms with Crippen LogP contribution in [0.25, 0.3) is 0 Å². The van der Waals surface area contributed by atoms with E-state index in [-0.39, 0.29) is 16.0 Å². The molecule has 3 unspecified atom stereocenters. The summed E-state index contributed by atoms with van der Waals surface area (Å²) in [6.07, 6.45) is 6.51. The van der Waals surface area contributed by atoms with Crippen molar-refractivity contribution in [2.75, 3.05) is 6.54 Å². The maximum atomic E-state index is 12.3. The summed E-state index contributed by atoms with van der Waals surface area (Å²) in [5.41, 5.74) is -0.170. The fraction of sp³-hybridized carbons (Fsp3) is 0.467. The minimum Gasteiger partial charge on any atom is -0.258 e. The lowest BCUT2D eigenvalue weighted by Crippen LogP contribution is -2.38. The summed E-state index contributed by atoms with van der Waals surface area (Å²) in [5.74, 6) is 0.996. The van der Waals surface area contributed by atoms with Crippen LogP contribution in [0.3, 0.4) is 0 Å². The number of non-ortho nitro benzene ring substituents is 1. The molecule has 1 aromatic carbocycles. The Morgan fingerprint density at radius 3 is 2.50 bits per heavy atom. The van der Waals surface area contributed by atoms with Gasteiger partial charge in [0.1, 0.15) is 0 Å². The van der Waals surface area contributed by atoms with Gasteiger partial charge in [0, 0.05) is 18.7 Å². The third kappa shape index (κ3) is 2.66. The minimum atomic E-state index is -3.64. The quantitative estimate of drug-likeness (QED) is 0.512. The van der Waals surface area contributed by atoms with Gasteiger partial charge >= 0.3 is 0 Å². The Bertz CT molecular complexity index is 726. The maximum absolute atomic E-state index is 12.3. The molecule has 7 heteroatoms. The first-order chi connectivity index (χ1) is 10.3. The van der Waals surface area contributed by atoms with E-state index in [0.717, 1.165) is 12.8 Å². The summed E-state index contributed by atoms with van der Waals surface area (Å²) < 4.78 is 27.3. The molecule has 6 nitrogen and oxygen atoms in total. The average Bonchev–Trinajstić information content (AvgIpc) is 3.06. The predicted molar refractivity (Wildman–Crippen MR) is 81.7 cm³/mol. The van der Waals surface area contributed by atoms with Crippen LogP contribution in [0, 0.1) is 27.4 Å². The van der Waals surface area contributed by atoms with Crippen molar-refractivity contribution < 1.29 is 13.3 Å². The van der Waals surface area contributed by atoms with Crippen molar-refractivity contribution in [3.63, 3.8) is 0 Å². The van der Waals surface area contributed by atoms with Crippen LogP contribution in [-0.2, 0) is 10.0 Å².